The van der Waals surface area contributed by atoms with Gasteiger partial charge in [-0.05, 0) is 23.6 Å². The van der Waals surface area contributed by atoms with Crippen molar-refractivity contribution in [2.75, 3.05) is 6.79 Å². The number of amides is 2. The first kappa shape index (κ1) is 17.1. The lowest BCUT2D eigenvalue weighted by atomic mass is 10.0. The number of benzene rings is 1. The van der Waals surface area contributed by atoms with E-state index in [4.69, 9.17) is 9.47 Å². The molecule has 0 saturated carbocycles. The van der Waals surface area contributed by atoms with Crippen LogP contribution >= 0.6 is 0 Å². The number of nitrogens with one attached hydrogen (secondary N) is 2. The maximum absolute atomic E-state index is 12.4. The number of hydrogen-bond donors (Lipinski definition) is 2. The molecule has 6 heteroatoms. The molecule has 0 spiro atoms. The van der Waals surface area contributed by atoms with Crippen LogP contribution in [-0.4, -0.2) is 24.6 Å². The number of fused-ring (bicyclic) bond motifs is 1. The fraction of sp³-hybridized carbons (Fsp3) is 0.529. The maximum atomic E-state index is 12.4. The van der Waals surface area contributed by atoms with E-state index < -0.39 is 6.04 Å². The summed E-state index contributed by atoms with van der Waals surface area (Å²) < 4.78 is 10.6. The van der Waals surface area contributed by atoms with Gasteiger partial charge in [-0.25, -0.2) is 0 Å². The molecule has 2 N–H and O–H groups in total. The highest BCUT2D eigenvalue weighted by molar-refractivity contribution is 5.88. The molecule has 23 heavy (non-hydrogen) atoms. The number of ether oxygens (including phenoxy) is 2. The monoisotopic (exact) mass is 320 g/mol. The lowest BCUT2D eigenvalue weighted by Gasteiger charge is -2.22. The van der Waals surface area contributed by atoms with Crippen LogP contribution in [0.4, 0.5) is 0 Å². The summed E-state index contributed by atoms with van der Waals surface area (Å²) in [5.74, 6) is 0.940. The molecule has 1 atom stereocenters. The van der Waals surface area contributed by atoms with Crippen molar-refractivity contribution >= 4 is 11.8 Å². The van der Waals surface area contributed by atoms with E-state index in [0.717, 1.165) is 5.56 Å². The molecule has 126 valence electrons. The zero-order valence-electron chi connectivity index (χ0n) is 14.0. The predicted molar refractivity (Wildman–Crippen MR) is 86.0 cm³/mol. The third-order valence-corrected chi connectivity index (χ3v) is 3.67. The molecule has 6 nitrogen and oxygen atoms in total. The molecule has 0 bridgehead atoms. The molecule has 0 fully saturated rings. The summed E-state index contributed by atoms with van der Waals surface area (Å²) in [6.07, 6.45) is 0. The minimum atomic E-state index is -0.543. The molecule has 2 amide bonds. The first-order chi connectivity index (χ1) is 10.9. The van der Waals surface area contributed by atoms with Crippen LogP contribution in [0.3, 0.4) is 0 Å². The van der Waals surface area contributed by atoms with Crippen LogP contribution in [0.25, 0.3) is 0 Å². The molecule has 0 saturated heterocycles. The van der Waals surface area contributed by atoms with E-state index >= 15 is 0 Å². The van der Waals surface area contributed by atoms with Crippen LogP contribution in [-0.2, 0) is 16.1 Å². The third kappa shape index (κ3) is 4.37. The van der Waals surface area contributed by atoms with Crippen molar-refractivity contribution < 1.29 is 19.1 Å². The minimum absolute atomic E-state index is 0.00875. The predicted octanol–water partition coefficient (Wildman–Crippen LogP) is 1.83. The van der Waals surface area contributed by atoms with Gasteiger partial charge in [-0.2, -0.15) is 0 Å². The summed E-state index contributed by atoms with van der Waals surface area (Å²) in [5.41, 5.74) is 0.917. The summed E-state index contributed by atoms with van der Waals surface area (Å²) in [5, 5.41) is 5.66. The van der Waals surface area contributed by atoms with Crippen LogP contribution in [0.15, 0.2) is 18.2 Å². The Balaban J connectivity index is 1.95. The number of carbonyl (C=O) groups is 2. The lowest BCUT2D eigenvalue weighted by Crippen LogP contribution is -2.50. The number of rotatable bonds is 6. The van der Waals surface area contributed by atoms with Crippen molar-refractivity contribution in [2.24, 2.45) is 11.8 Å². The van der Waals surface area contributed by atoms with E-state index in [1.165, 1.54) is 0 Å². The van der Waals surface area contributed by atoms with E-state index in [0.29, 0.717) is 18.0 Å². The molecular weight excluding hydrogens is 296 g/mol. The smallest absolute Gasteiger partial charge is 0.243 e. The average Bonchev–Trinajstić information content (AvgIpc) is 2.97. The molecule has 1 aromatic carbocycles. The van der Waals surface area contributed by atoms with E-state index in [2.05, 4.69) is 10.6 Å². The van der Waals surface area contributed by atoms with Crippen LogP contribution in [0.1, 0.15) is 33.3 Å². The van der Waals surface area contributed by atoms with Gasteiger partial charge in [0.1, 0.15) is 6.04 Å². The topological polar surface area (TPSA) is 76.7 Å². The minimum Gasteiger partial charge on any atom is -0.454 e. The first-order valence-corrected chi connectivity index (χ1v) is 7.85. The Morgan fingerprint density at radius 3 is 2.43 bits per heavy atom. The van der Waals surface area contributed by atoms with Gasteiger partial charge in [-0.15, -0.1) is 0 Å². The van der Waals surface area contributed by atoms with Crippen LogP contribution < -0.4 is 20.1 Å². The van der Waals surface area contributed by atoms with E-state index in [-0.39, 0.29) is 30.4 Å². The van der Waals surface area contributed by atoms with E-state index in [9.17, 15) is 9.59 Å². The average molecular weight is 320 g/mol. The Hall–Kier alpha value is -2.24. The fourth-order valence-electron chi connectivity index (χ4n) is 2.20. The van der Waals surface area contributed by atoms with Gasteiger partial charge in [0.2, 0.25) is 18.6 Å². The van der Waals surface area contributed by atoms with Gasteiger partial charge in [-0.3, -0.25) is 9.59 Å². The Morgan fingerprint density at radius 2 is 1.78 bits per heavy atom. The quantitative estimate of drug-likeness (QED) is 0.838. The normalized spacial score (nSPS) is 14.0. The highest BCUT2D eigenvalue weighted by Gasteiger charge is 2.25. The van der Waals surface area contributed by atoms with Gasteiger partial charge >= 0.3 is 0 Å². The number of carbonyl (C=O) groups excluding carboxylic acids is 2. The van der Waals surface area contributed by atoms with Crippen molar-refractivity contribution in [2.45, 2.75) is 40.3 Å². The Bertz CT molecular complexity index is 584. The molecule has 0 aromatic heterocycles. The summed E-state index contributed by atoms with van der Waals surface area (Å²) >= 11 is 0. The molecule has 0 unspecified atom stereocenters. The highest BCUT2D eigenvalue weighted by atomic mass is 16.7. The van der Waals surface area contributed by atoms with E-state index in [1.807, 2.05) is 32.0 Å². The highest BCUT2D eigenvalue weighted by Crippen LogP contribution is 2.32. The van der Waals surface area contributed by atoms with Gasteiger partial charge in [0.15, 0.2) is 11.5 Å². The fourth-order valence-corrected chi connectivity index (χ4v) is 2.20. The first-order valence-electron chi connectivity index (χ1n) is 7.85. The Morgan fingerprint density at radius 1 is 1.09 bits per heavy atom. The molecule has 1 aromatic rings. The lowest BCUT2D eigenvalue weighted by molar-refractivity contribution is -0.131. The Labute approximate surface area is 136 Å². The van der Waals surface area contributed by atoms with E-state index in [1.54, 1.807) is 13.8 Å². The summed E-state index contributed by atoms with van der Waals surface area (Å²) in [6.45, 7) is 8.02. The molecule has 1 aliphatic rings. The Kier molecular flexibility index (Phi) is 5.47. The van der Waals surface area contributed by atoms with Crippen molar-refractivity contribution in [1.29, 1.82) is 0 Å². The van der Waals surface area contributed by atoms with Gasteiger partial charge in [-0.1, -0.05) is 33.8 Å². The molecule has 1 heterocycles. The molecule has 2 rings (SSSR count). The van der Waals surface area contributed by atoms with Gasteiger partial charge in [0, 0.05) is 12.5 Å². The third-order valence-electron chi connectivity index (χ3n) is 3.67. The van der Waals surface area contributed by atoms with Crippen molar-refractivity contribution in [3.8, 4) is 11.5 Å². The molecular formula is C17H24N2O4. The second-order valence-corrected chi connectivity index (χ2v) is 6.29. The largest absolute Gasteiger partial charge is 0.454 e. The van der Waals surface area contributed by atoms with Crippen LogP contribution in [0.5, 0.6) is 11.5 Å². The standard InChI is InChI=1S/C17H24N2O4/c1-10(2)15(19-16(20)11(3)4)17(21)18-8-12-5-6-13-14(7-12)23-9-22-13/h5-7,10-11,15H,8-9H2,1-4H3,(H,18,21)(H,19,20)/t15-/m0/s1. The van der Waals surface area contributed by atoms with Gasteiger partial charge < -0.3 is 20.1 Å². The summed E-state index contributed by atoms with van der Waals surface area (Å²) in [7, 11) is 0. The summed E-state index contributed by atoms with van der Waals surface area (Å²) in [6, 6.07) is 5.01. The molecule has 1 aliphatic heterocycles. The SMILES string of the molecule is CC(C)C(=O)N[C@H](C(=O)NCc1ccc2c(c1)OCO2)C(C)C. The number of hydrogen-bond acceptors (Lipinski definition) is 4. The molecule has 0 aliphatic carbocycles. The zero-order valence-corrected chi connectivity index (χ0v) is 14.0. The van der Waals surface area contributed by atoms with Crippen molar-refractivity contribution in [3.05, 3.63) is 23.8 Å². The summed E-state index contributed by atoms with van der Waals surface area (Å²) in [4.78, 5) is 24.2. The van der Waals surface area contributed by atoms with Crippen LogP contribution in [0, 0.1) is 11.8 Å². The maximum Gasteiger partial charge on any atom is 0.243 e. The van der Waals surface area contributed by atoms with Gasteiger partial charge in [0.05, 0.1) is 0 Å². The zero-order chi connectivity index (χ0) is 17.0. The van der Waals surface area contributed by atoms with Crippen molar-refractivity contribution in [1.82, 2.24) is 10.6 Å². The van der Waals surface area contributed by atoms with Crippen molar-refractivity contribution in [3.63, 3.8) is 0 Å². The molecule has 0 radical (unpaired) electrons. The van der Waals surface area contributed by atoms with Crippen LogP contribution in [0.2, 0.25) is 0 Å². The second kappa shape index (κ2) is 7.35. The second-order valence-electron chi connectivity index (χ2n) is 6.29. The van der Waals surface area contributed by atoms with Gasteiger partial charge in [0.25, 0.3) is 0 Å².